The number of fused-ring (bicyclic) bond motifs is 1. The van der Waals surface area contributed by atoms with Crippen molar-refractivity contribution in [2.24, 2.45) is 0 Å². The van der Waals surface area contributed by atoms with Gasteiger partial charge in [0.2, 0.25) is 5.91 Å². The predicted octanol–water partition coefficient (Wildman–Crippen LogP) is 0.991. The second kappa shape index (κ2) is 5.21. The molecule has 0 spiro atoms. The Morgan fingerprint density at radius 1 is 1.09 bits per heavy atom. The van der Waals surface area contributed by atoms with E-state index in [-0.39, 0.29) is 11.9 Å². The van der Waals surface area contributed by atoms with Gasteiger partial charge >= 0.3 is 0 Å². The van der Waals surface area contributed by atoms with Gasteiger partial charge in [0.05, 0.1) is 12.6 Å². The number of likely N-dealkylation sites (tertiary alicyclic amines) is 1. The van der Waals surface area contributed by atoms with Crippen LogP contribution in [-0.2, 0) is 17.9 Å². The Balaban J connectivity index is 1.58. The molecule has 1 fully saturated rings. The molecule has 6 nitrogen and oxygen atoms in total. The first-order valence-corrected chi connectivity index (χ1v) is 7.70. The van der Waals surface area contributed by atoms with Crippen LogP contribution in [0.5, 0.6) is 0 Å². The number of aromatic nitrogens is 3. The van der Waals surface area contributed by atoms with E-state index in [0.29, 0.717) is 6.54 Å². The molecule has 4 rings (SSSR count). The minimum atomic E-state index is 0.00984. The fourth-order valence-electron chi connectivity index (χ4n) is 3.39. The fraction of sp³-hybridized carbons (Fsp3) is 0.438. The quantitative estimate of drug-likeness (QED) is 0.829. The lowest BCUT2D eigenvalue weighted by Crippen LogP contribution is -2.45. The molecule has 1 aromatic heterocycles. The van der Waals surface area contributed by atoms with Crippen LogP contribution in [0.2, 0.25) is 0 Å². The highest BCUT2D eigenvalue weighted by Gasteiger charge is 2.36. The fourth-order valence-corrected chi connectivity index (χ4v) is 3.39. The van der Waals surface area contributed by atoms with Gasteiger partial charge in [-0.05, 0) is 6.42 Å². The van der Waals surface area contributed by atoms with Crippen LogP contribution in [-0.4, -0.2) is 56.7 Å². The van der Waals surface area contributed by atoms with Crippen LogP contribution in [0.25, 0.3) is 11.4 Å². The van der Waals surface area contributed by atoms with Gasteiger partial charge in [-0.25, -0.2) is 0 Å². The lowest BCUT2D eigenvalue weighted by atomic mass is 10.1. The van der Waals surface area contributed by atoms with Gasteiger partial charge in [-0.15, -0.1) is 10.2 Å². The van der Waals surface area contributed by atoms with Crippen LogP contribution in [0.3, 0.4) is 0 Å². The Kier molecular flexibility index (Phi) is 3.18. The second-order valence-corrected chi connectivity index (χ2v) is 5.99. The zero-order valence-electron chi connectivity index (χ0n) is 12.6. The van der Waals surface area contributed by atoms with E-state index in [2.05, 4.69) is 31.8 Å². The van der Waals surface area contributed by atoms with Crippen molar-refractivity contribution in [2.45, 2.75) is 25.6 Å². The van der Waals surface area contributed by atoms with Gasteiger partial charge in [0.25, 0.3) is 0 Å². The third-order valence-electron chi connectivity index (χ3n) is 4.65. The summed E-state index contributed by atoms with van der Waals surface area (Å²) in [7, 11) is 1.88. The molecule has 6 heteroatoms. The van der Waals surface area contributed by atoms with Crippen LogP contribution in [0, 0.1) is 0 Å². The Morgan fingerprint density at radius 2 is 1.91 bits per heavy atom. The van der Waals surface area contributed by atoms with Crippen molar-refractivity contribution in [1.29, 1.82) is 0 Å². The van der Waals surface area contributed by atoms with Crippen LogP contribution < -0.4 is 0 Å². The molecule has 0 N–H and O–H groups in total. The summed E-state index contributed by atoms with van der Waals surface area (Å²) in [6, 6.07) is 10.1. The molecule has 0 bridgehead atoms. The minimum absolute atomic E-state index is 0.00984. The molecule has 1 amide bonds. The maximum atomic E-state index is 12.2. The molecule has 1 aromatic carbocycles. The maximum Gasteiger partial charge on any atom is 0.239 e. The Labute approximate surface area is 129 Å². The van der Waals surface area contributed by atoms with Gasteiger partial charge in [0, 0.05) is 32.2 Å². The van der Waals surface area contributed by atoms with E-state index < -0.39 is 0 Å². The van der Waals surface area contributed by atoms with Crippen molar-refractivity contribution in [2.75, 3.05) is 20.1 Å². The number of rotatable bonds is 2. The molecule has 22 heavy (non-hydrogen) atoms. The summed E-state index contributed by atoms with van der Waals surface area (Å²) in [6.45, 7) is 3.25. The molecule has 2 aromatic rings. The van der Waals surface area contributed by atoms with E-state index in [1.54, 1.807) is 0 Å². The number of nitrogens with zero attached hydrogens (tertiary/aromatic N) is 5. The number of amides is 1. The standard InChI is InChI=1S/C16H19N5O/c1-19-8-7-13(16(19)22)20-9-10-21-14(11-20)17-18-15(21)12-5-3-2-4-6-12/h2-6,13H,7-11H2,1H3/t13-/m0/s1. The second-order valence-electron chi connectivity index (χ2n) is 5.99. The van der Waals surface area contributed by atoms with Gasteiger partial charge in [-0.3, -0.25) is 9.69 Å². The van der Waals surface area contributed by atoms with E-state index in [0.717, 1.165) is 43.3 Å². The van der Waals surface area contributed by atoms with Crippen molar-refractivity contribution in [3.05, 3.63) is 36.2 Å². The third-order valence-corrected chi connectivity index (χ3v) is 4.65. The summed E-state index contributed by atoms with van der Waals surface area (Å²) >= 11 is 0. The van der Waals surface area contributed by atoms with E-state index in [9.17, 15) is 4.79 Å². The van der Waals surface area contributed by atoms with Crippen LogP contribution in [0.1, 0.15) is 12.2 Å². The first kappa shape index (κ1) is 13.5. The molecule has 1 atom stereocenters. The zero-order chi connectivity index (χ0) is 15.1. The van der Waals surface area contributed by atoms with Crippen LogP contribution in [0.4, 0.5) is 0 Å². The molecular weight excluding hydrogens is 278 g/mol. The third kappa shape index (κ3) is 2.11. The van der Waals surface area contributed by atoms with Crippen LogP contribution >= 0.6 is 0 Å². The van der Waals surface area contributed by atoms with Gasteiger partial charge in [-0.1, -0.05) is 30.3 Å². The highest BCUT2D eigenvalue weighted by atomic mass is 16.2. The smallest absolute Gasteiger partial charge is 0.239 e. The first-order valence-electron chi connectivity index (χ1n) is 7.70. The molecule has 0 saturated carbocycles. The topological polar surface area (TPSA) is 54.3 Å². The summed E-state index contributed by atoms with van der Waals surface area (Å²) < 4.78 is 2.18. The first-order chi connectivity index (χ1) is 10.7. The van der Waals surface area contributed by atoms with Crippen molar-refractivity contribution in [1.82, 2.24) is 24.6 Å². The van der Waals surface area contributed by atoms with Gasteiger partial charge in [0.1, 0.15) is 5.82 Å². The zero-order valence-corrected chi connectivity index (χ0v) is 12.6. The Bertz CT molecular complexity index is 696. The molecule has 1 saturated heterocycles. The molecule has 0 unspecified atom stereocenters. The highest BCUT2D eigenvalue weighted by Crippen LogP contribution is 2.25. The van der Waals surface area contributed by atoms with Crippen molar-refractivity contribution >= 4 is 5.91 Å². The number of hydrogen-bond acceptors (Lipinski definition) is 4. The molecule has 0 radical (unpaired) electrons. The molecule has 0 aliphatic carbocycles. The average Bonchev–Trinajstić information content (AvgIpc) is 3.12. The SMILES string of the molecule is CN1CC[C@H](N2CCn3c(nnc3-c3ccccc3)C2)C1=O. The molecule has 2 aliphatic heterocycles. The minimum Gasteiger partial charge on any atom is -0.344 e. The average molecular weight is 297 g/mol. The Morgan fingerprint density at radius 3 is 2.64 bits per heavy atom. The van der Waals surface area contributed by atoms with E-state index in [1.165, 1.54) is 0 Å². The van der Waals surface area contributed by atoms with E-state index in [1.807, 2.05) is 30.1 Å². The number of carbonyl (C=O) groups is 1. The molecular formula is C16H19N5O. The number of hydrogen-bond donors (Lipinski definition) is 0. The lowest BCUT2D eigenvalue weighted by Gasteiger charge is -2.31. The number of benzene rings is 1. The van der Waals surface area contributed by atoms with E-state index in [4.69, 9.17) is 0 Å². The van der Waals surface area contributed by atoms with Gasteiger partial charge in [0.15, 0.2) is 5.82 Å². The lowest BCUT2D eigenvalue weighted by molar-refractivity contribution is -0.131. The number of carbonyl (C=O) groups excluding carboxylic acids is 1. The van der Waals surface area contributed by atoms with Crippen molar-refractivity contribution in [3.63, 3.8) is 0 Å². The molecule has 2 aliphatic rings. The molecule has 114 valence electrons. The summed E-state index contributed by atoms with van der Waals surface area (Å²) in [5.74, 6) is 2.11. The largest absolute Gasteiger partial charge is 0.344 e. The van der Waals surface area contributed by atoms with E-state index >= 15 is 0 Å². The summed E-state index contributed by atoms with van der Waals surface area (Å²) in [4.78, 5) is 16.2. The number of likely N-dealkylation sites (N-methyl/N-ethyl adjacent to an activating group) is 1. The predicted molar refractivity (Wildman–Crippen MR) is 81.9 cm³/mol. The van der Waals surface area contributed by atoms with Crippen molar-refractivity contribution in [3.8, 4) is 11.4 Å². The van der Waals surface area contributed by atoms with Crippen molar-refractivity contribution < 1.29 is 4.79 Å². The maximum absolute atomic E-state index is 12.2. The van der Waals surface area contributed by atoms with Crippen LogP contribution in [0.15, 0.2) is 30.3 Å². The normalized spacial score (nSPS) is 22.1. The highest BCUT2D eigenvalue weighted by molar-refractivity contribution is 5.83. The summed E-state index contributed by atoms with van der Waals surface area (Å²) in [5, 5.41) is 8.70. The molecule has 3 heterocycles. The summed E-state index contributed by atoms with van der Waals surface area (Å²) in [5.41, 5.74) is 1.09. The monoisotopic (exact) mass is 297 g/mol. The van der Waals surface area contributed by atoms with Gasteiger partial charge in [-0.2, -0.15) is 0 Å². The Hall–Kier alpha value is -2.21. The summed E-state index contributed by atoms with van der Waals surface area (Å²) in [6.07, 6.45) is 0.912. The van der Waals surface area contributed by atoms with Gasteiger partial charge < -0.3 is 9.47 Å².